The molecule has 0 fully saturated rings. The van der Waals surface area contributed by atoms with Gasteiger partial charge in [0.25, 0.3) is 0 Å². The predicted molar refractivity (Wildman–Crippen MR) is 476 cm³/mol. The number of hydrogen-bond acceptors (Lipinski definition) is 22. The fourth-order valence-corrected chi connectivity index (χ4v) is 13.7. The number of nitrogens with zero attached hydrogens (tertiary/aromatic N) is 19. The first-order valence-corrected chi connectivity index (χ1v) is 39.3. The van der Waals surface area contributed by atoms with Crippen molar-refractivity contribution in [2.45, 2.75) is 175 Å². The van der Waals surface area contributed by atoms with Crippen molar-refractivity contribution in [3.8, 4) is 22.5 Å². The molecule has 3 aromatic carbocycles. The van der Waals surface area contributed by atoms with Crippen molar-refractivity contribution in [1.82, 2.24) is 98.7 Å². The summed E-state index contributed by atoms with van der Waals surface area (Å²) >= 11 is 1.95. The van der Waals surface area contributed by atoms with Gasteiger partial charge >= 0.3 is 47.6 Å². The molecule has 0 atom stereocenters. The molecule has 28 nitrogen and oxygen atoms in total. The van der Waals surface area contributed by atoms with Gasteiger partial charge in [0, 0.05) is 204 Å². The topological polar surface area (TPSA) is 298 Å². The first-order chi connectivity index (χ1) is 57.2. The minimum atomic E-state index is -1.08. The fourth-order valence-electron chi connectivity index (χ4n) is 13.3. The van der Waals surface area contributed by atoms with E-state index in [1.807, 2.05) is 183 Å². The number of benzene rings is 3. The number of aromatic nitrogens is 15. The number of hydrogen-bond donors (Lipinski definition) is 1. The van der Waals surface area contributed by atoms with Gasteiger partial charge in [-0.2, -0.15) is 25.5 Å². The summed E-state index contributed by atoms with van der Waals surface area (Å²) in [5.74, 6) is -2.93. The van der Waals surface area contributed by atoms with Crippen LogP contribution in [0.5, 0.6) is 0 Å². The Morgan fingerprint density at radius 1 is 0.432 bits per heavy atom. The number of rotatable bonds is 12. The van der Waals surface area contributed by atoms with Gasteiger partial charge in [0.1, 0.15) is 23.1 Å². The number of ether oxygens (including phenoxy) is 1. The van der Waals surface area contributed by atoms with Crippen molar-refractivity contribution in [3.05, 3.63) is 319 Å². The molecular formula is C91H109BF3IN20NaO8. The molecule has 13 aromatic rings. The Bertz CT molecular complexity index is 5270. The molecule has 10 aromatic heterocycles. The molecule has 15 heterocycles. The Balaban J connectivity index is 0.000000261. The first kappa shape index (κ1) is 104. The Hall–Kier alpha value is -11.4. The molecule has 0 saturated carbocycles. The molecule has 0 spiro atoms. The van der Waals surface area contributed by atoms with Crippen LogP contribution in [0.15, 0.2) is 214 Å². The number of carboxylic acids is 1. The number of carboxylic acid groups (broad SMARTS) is 1. The van der Waals surface area contributed by atoms with Gasteiger partial charge in [0.2, 0.25) is 0 Å². The molecule has 3 radical (unpaired) electrons. The molecule has 0 saturated heterocycles. The predicted octanol–water partition coefficient (Wildman–Crippen LogP) is 11.3. The largest absolute Gasteiger partial charge is 1.00 e. The monoisotopic (exact) mass is 1830 g/mol. The van der Waals surface area contributed by atoms with Crippen LogP contribution in [0.1, 0.15) is 155 Å². The van der Waals surface area contributed by atoms with Gasteiger partial charge in [-0.3, -0.25) is 67.9 Å². The van der Waals surface area contributed by atoms with Crippen LogP contribution in [0.2, 0.25) is 0 Å². The van der Waals surface area contributed by atoms with Crippen LogP contribution < -0.4 is 40.0 Å². The van der Waals surface area contributed by atoms with Crippen LogP contribution in [-0.4, -0.2) is 153 Å². The van der Waals surface area contributed by atoms with E-state index < -0.39 is 23.5 Å². The zero-order chi connectivity index (χ0) is 84.5. The van der Waals surface area contributed by atoms with Crippen molar-refractivity contribution in [2.24, 2.45) is 0 Å². The van der Waals surface area contributed by atoms with Gasteiger partial charge in [-0.05, 0) is 166 Å². The number of nitrogens with one attached hydrogen (secondary N) is 1. The average Bonchev–Trinajstić information content (AvgIpc) is 1.61. The standard InChI is InChI=1S/2C18H17FN4.C16H20N4O2.C12H14N4.C11H12N4.C6H4FI.C4H6O4.C2H4O2.4CH4.B.Na/c2*1-22-11-15-17(12-22)21-23(10-13-5-4-8-20-9-13)18(15)14-6-2-3-7-16(14)19;1-16(2,3)22-15(21)19-9-13-10-20(18-14(13)11-19)8-12-5-4-6-17-7-12;1-15-7-11-8-16(14-12(11)9-15)6-10-3-2-4-13-5-10;1-2-9(4-12-3-1)7-15-8-10-5-13-6-11(10)14-15;7-5-3-1-2-4-6(5)8;1-3(5)7-8-4(2)6;1-2(3)4;;;;;;/h2*2-9H,10-12H2,1H3;4-7,10H,8-9,11H2,1-3H3;2-5,8H,6-7,9H2,1H3;1-4,8,13H,5-7H2;1-4H;1-2H3;1H3,(H,3,4);4*1H4;;/q;;;;;;;;;;;;;+1/p-1. The molecule has 1 amide bonds. The van der Waals surface area contributed by atoms with Crippen molar-refractivity contribution in [3.63, 3.8) is 0 Å². The van der Waals surface area contributed by atoms with E-state index in [1.165, 1.54) is 51.8 Å². The van der Waals surface area contributed by atoms with E-state index in [4.69, 9.17) is 24.8 Å². The SMILES string of the molecule is C.C.C.C.CC(=O)OOC(C)=O.CC(=O)[O-].CC(C)(C)OC(=O)N1Cc2cn(Cc3cccnc3)nc2C1.CN1Cc2cn(Cc3cccnc3)nc2C1.CN1Cc2nn(Cc3cccnc3)c(-c3ccccc3F)c2C1.CN1Cc2nn(Cc3cccnc3)c(-c3ccccc3F)c2C1.Fc1ccccc1I.[B].[Na+].c1cncc(Cn2cc3c(n2)CNC3)c1. The Morgan fingerprint density at radius 2 is 0.776 bits per heavy atom. The number of carbonyl (C=O) groups excluding carboxylic acids is 4. The van der Waals surface area contributed by atoms with Gasteiger partial charge in [-0.1, -0.05) is 96.4 Å². The van der Waals surface area contributed by atoms with Gasteiger partial charge < -0.3 is 20.0 Å². The summed E-state index contributed by atoms with van der Waals surface area (Å²) < 4.78 is 56.8. The number of amides is 1. The second kappa shape index (κ2) is 50.5. The van der Waals surface area contributed by atoms with Gasteiger partial charge in [0.05, 0.1) is 85.7 Å². The number of pyridine rings is 5. The summed E-state index contributed by atoms with van der Waals surface area (Å²) in [6.07, 6.45) is 24.0. The minimum absolute atomic E-state index is 0. The van der Waals surface area contributed by atoms with Crippen molar-refractivity contribution >= 4 is 55.0 Å². The first-order valence-electron chi connectivity index (χ1n) is 38.2. The molecule has 34 heteroatoms. The van der Waals surface area contributed by atoms with E-state index >= 15 is 0 Å². The van der Waals surface area contributed by atoms with Crippen LogP contribution in [0, 0.1) is 21.0 Å². The second-order valence-corrected chi connectivity index (χ2v) is 30.7. The van der Waals surface area contributed by atoms with E-state index in [1.54, 1.807) is 60.1 Å². The Morgan fingerprint density at radius 3 is 1.11 bits per heavy atom. The molecule has 0 unspecified atom stereocenters. The fraction of sp³-hybridized carbons (Fsp3) is 0.319. The molecular weight excluding hydrogens is 1720 g/mol. The van der Waals surface area contributed by atoms with E-state index in [-0.39, 0.29) is 91.2 Å². The normalized spacial score (nSPS) is 12.6. The zero-order valence-corrected chi connectivity index (χ0v) is 73.3. The summed E-state index contributed by atoms with van der Waals surface area (Å²) in [6.45, 7) is 20.4. The molecule has 5 aliphatic rings. The molecule has 0 aliphatic carbocycles. The third-order valence-corrected chi connectivity index (χ3v) is 19.1. The van der Waals surface area contributed by atoms with Gasteiger partial charge in [-0.25, -0.2) is 37.3 Å². The summed E-state index contributed by atoms with van der Waals surface area (Å²) in [7, 11) is 6.23. The maximum absolute atomic E-state index is 14.4. The van der Waals surface area contributed by atoms with Gasteiger partial charge in [0.15, 0.2) is 0 Å². The smallest absolute Gasteiger partial charge is 0.550 e. The number of carbonyl (C=O) groups is 4. The van der Waals surface area contributed by atoms with Crippen LogP contribution in [-0.2, 0) is 127 Å². The summed E-state index contributed by atoms with van der Waals surface area (Å²) in [4.78, 5) is 77.2. The molecule has 653 valence electrons. The summed E-state index contributed by atoms with van der Waals surface area (Å²) in [5.41, 5.74) is 19.5. The van der Waals surface area contributed by atoms with Crippen LogP contribution in [0.25, 0.3) is 22.5 Å². The quantitative estimate of drug-likeness (QED) is 0.0514. The number of aliphatic carboxylic acids is 1. The van der Waals surface area contributed by atoms with Crippen LogP contribution in [0.3, 0.4) is 0 Å². The van der Waals surface area contributed by atoms with E-state index in [0.717, 1.165) is 148 Å². The third-order valence-electron chi connectivity index (χ3n) is 18.2. The molecule has 0 bridgehead atoms. The maximum atomic E-state index is 14.4. The van der Waals surface area contributed by atoms with E-state index in [2.05, 4.69) is 116 Å². The third kappa shape index (κ3) is 31.3. The summed E-state index contributed by atoms with van der Waals surface area (Å²) in [6, 6.07) is 40.3. The van der Waals surface area contributed by atoms with Crippen molar-refractivity contribution in [1.29, 1.82) is 0 Å². The molecule has 18 rings (SSSR count). The average molecular weight is 1830 g/mol. The zero-order valence-electron chi connectivity index (χ0n) is 69.2. The summed E-state index contributed by atoms with van der Waals surface area (Å²) in [5, 5.41) is 35.3. The second-order valence-electron chi connectivity index (χ2n) is 29.5. The molecule has 1 N–H and O–H groups in total. The molecule has 5 aliphatic heterocycles. The molecule has 125 heavy (non-hydrogen) atoms. The van der Waals surface area contributed by atoms with Crippen LogP contribution in [0.4, 0.5) is 18.0 Å². The van der Waals surface area contributed by atoms with Crippen LogP contribution >= 0.6 is 22.6 Å². The van der Waals surface area contributed by atoms with E-state index in [0.29, 0.717) is 47.4 Å². The Labute approximate surface area is 767 Å². The minimum Gasteiger partial charge on any atom is -0.550 e. The van der Waals surface area contributed by atoms with Crippen molar-refractivity contribution in [2.75, 3.05) is 21.1 Å². The number of halogens is 4. The maximum Gasteiger partial charge on any atom is 1.00 e. The van der Waals surface area contributed by atoms with E-state index in [9.17, 15) is 27.6 Å². The number of fused-ring (bicyclic) bond motifs is 5. The Kier molecular flexibility index (Phi) is 42.1. The van der Waals surface area contributed by atoms with Gasteiger partial charge in [-0.15, -0.1) is 0 Å². The van der Waals surface area contributed by atoms with Crippen molar-refractivity contribution < 1.29 is 81.5 Å².